The number of hydrazine groups is 1. The average Bonchev–Trinajstić information content (AvgIpc) is 3.20. The minimum absolute atomic E-state index is 0.0203. The second kappa shape index (κ2) is 7.12. The molecule has 4 rings (SSSR count). The maximum atomic E-state index is 13.0. The van der Waals surface area contributed by atoms with Crippen molar-refractivity contribution in [3.8, 4) is 5.69 Å². The number of aromatic nitrogens is 3. The zero-order valence-corrected chi connectivity index (χ0v) is 15.0. The van der Waals surface area contributed by atoms with Crippen LogP contribution in [0.15, 0.2) is 48.8 Å². The van der Waals surface area contributed by atoms with Crippen molar-refractivity contribution in [3.05, 3.63) is 71.3 Å². The lowest BCUT2D eigenvalue weighted by Gasteiger charge is -2.12. The molecule has 10 heteroatoms. The lowest BCUT2D eigenvalue weighted by molar-refractivity contribution is -0.137. The van der Waals surface area contributed by atoms with Gasteiger partial charge in [0.25, 0.3) is 11.8 Å². The van der Waals surface area contributed by atoms with Gasteiger partial charge >= 0.3 is 6.18 Å². The Morgan fingerprint density at radius 3 is 2.52 bits per heavy atom. The molecule has 150 valence electrons. The number of hydrogen-bond acceptors (Lipinski definition) is 3. The Morgan fingerprint density at radius 1 is 1.10 bits per heavy atom. The molecule has 2 heterocycles. The number of carbonyl (C=O) groups is 2. The van der Waals surface area contributed by atoms with E-state index < -0.39 is 23.6 Å². The molecule has 2 amide bonds. The maximum absolute atomic E-state index is 13.0. The molecule has 1 saturated carbocycles. The fourth-order valence-electron chi connectivity index (χ4n) is 3.02. The zero-order chi connectivity index (χ0) is 20.6. The molecule has 2 aromatic heterocycles. The maximum Gasteiger partial charge on any atom is 0.416 e. The monoisotopic (exact) mass is 403 g/mol. The van der Waals surface area contributed by atoms with Crippen molar-refractivity contribution in [2.24, 2.45) is 0 Å². The molecular formula is C19H16F3N5O2. The largest absolute Gasteiger partial charge is 0.416 e. The first-order valence-electron chi connectivity index (χ1n) is 8.84. The smallest absolute Gasteiger partial charge is 0.357 e. The quantitative estimate of drug-likeness (QED) is 0.585. The number of rotatable bonds is 4. The number of nitrogens with one attached hydrogen (secondary N) is 3. The van der Waals surface area contributed by atoms with Gasteiger partial charge in [0.1, 0.15) is 5.69 Å². The molecular weight excluding hydrogens is 387 g/mol. The minimum Gasteiger partial charge on any atom is -0.357 e. The van der Waals surface area contributed by atoms with Gasteiger partial charge in [0, 0.05) is 12.1 Å². The van der Waals surface area contributed by atoms with Gasteiger partial charge in [0.2, 0.25) is 0 Å². The summed E-state index contributed by atoms with van der Waals surface area (Å²) in [6.45, 7) is 0. The Bertz CT molecular complexity index is 1050. The highest BCUT2D eigenvalue weighted by Gasteiger charge is 2.34. The third-order valence-electron chi connectivity index (χ3n) is 4.57. The van der Waals surface area contributed by atoms with Crippen LogP contribution in [0.2, 0.25) is 0 Å². The molecule has 0 bridgehead atoms. The van der Waals surface area contributed by atoms with Crippen molar-refractivity contribution in [1.29, 1.82) is 0 Å². The van der Waals surface area contributed by atoms with Crippen molar-refractivity contribution >= 4 is 11.8 Å². The Morgan fingerprint density at radius 2 is 1.86 bits per heavy atom. The van der Waals surface area contributed by atoms with Crippen LogP contribution in [0.3, 0.4) is 0 Å². The van der Waals surface area contributed by atoms with Gasteiger partial charge < -0.3 is 4.98 Å². The zero-order valence-electron chi connectivity index (χ0n) is 15.0. The van der Waals surface area contributed by atoms with Gasteiger partial charge in [-0.2, -0.15) is 18.3 Å². The Hall–Kier alpha value is -3.56. The first-order valence-corrected chi connectivity index (χ1v) is 8.84. The molecule has 1 fully saturated rings. The van der Waals surface area contributed by atoms with Crippen LogP contribution in [0.25, 0.3) is 5.69 Å². The van der Waals surface area contributed by atoms with Crippen molar-refractivity contribution in [2.45, 2.75) is 24.9 Å². The molecule has 7 nitrogen and oxygen atoms in total. The van der Waals surface area contributed by atoms with E-state index in [0.717, 1.165) is 25.0 Å². The number of alkyl halides is 3. The number of hydrogen-bond donors (Lipinski definition) is 3. The van der Waals surface area contributed by atoms with Crippen LogP contribution >= 0.6 is 0 Å². The summed E-state index contributed by atoms with van der Waals surface area (Å²) in [5.74, 6) is -1.10. The fraction of sp³-hybridized carbons (Fsp3) is 0.211. The highest BCUT2D eigenvalue weighted by atomic mass is 19.4. The number of carbonyl (C=O) groups excluding carboxylic acids is 2. The van der Waals surface area contributed by atoms with Crippen LogP contribution in [0.4, 0.5) is 13.2 Å². The molecule has 1 aliphatic rings. The Labute approximate surface area is 162 Å². The van der Waals surface area contributed by atoms with Gasteiger partial charge in [0.15, 0.2) is 0 Å². The van der Waals surface area contributed by atoms with Crippen molar-refractivity contribution in [2.75, 3.05) is 0 Å². The van der Waals surface area contributed by atoms with Crippen LogP contribution in [0, 0.1) is 0 Å². The summed E-state index contributed by atoms with van der Waals surface area (Å²) >= 11 is 0. The van der Waals surface area contributed by atoms with E-state index in [1.54, 1.807) is 18.3 Å². The van der Waals surface area contributed by atoms with Crippen molar-refractivity contribution < 1.29 is 22.8 Å². The topological polar surface area (TPSA) is 91.8 Å². The summed E-state index contributed by atoms with van der Waals surface area (Å²) in [5.41, 5.74) is 5.03. The van der Waals surface area contributed by atoms with Crippen LogP contribution in [-0.2, 0) is 6.18 Å². The van der Waals surface area contributed by atoms with E-state index in [1.807, 2.05) is 0 Å². The highest BCUT2D eigenvalue weighted by Crippen LogP contribution is 2.42. The van der Waals surface area contributed by atoms with E-state index in [9.17, 15) is 22.8 Å². The number of nitrogens with zero attached hydrogens (tertiary/aromatic N) is 2. The molecule has 0 spiro atoms. The van der Waals surface area contributed by atoms with E-state index in [0.29, 0.717) is 5.69 Å². The first kappa shape index (κ1) is 18.8. The van der Waals surface area contributed by atoms with Gasteiger partial charge in [-0.15, -0.1) is 0 Å². The van der Waals surface area contributed by atoms with E-state index in [1.165, 1.54) is 23.0 Å². The normalized spacial score (nSPS) is 13.9. The van der Waals surface area contributed by atoms with Crippen LogP contribution in [0.5, 0.6) is 0 Å². The molecule has 0 unspecified atom stereocenters. The standard InChI is InChI=1S/C19H16F3N5O2/c20-19(21,22)12-3-1-4-13(9-12)27-16(11-6-7-11)14(10-24-27)17(28)25-26-18(29)15-5-2-8-23-15/h1-5,8-11,23H,6-7H2,(H,25,28)(H,26,29). The van der Waals surface area contributed by atoms with Crippen LogP contribution < -0.4 is 10.9 Å². The number of aromatic amines is 1. The summed E-state index contributed by atoms with van der Waals surface area (Å²) in [6.07, 6.45) is -0.00414. The lowest BCUT2D eigenvalue weighted by Crippen LogP contribution is -2.42. The predicted molar refractivity (Wildman–Crippen MR) is 96.3 cm³/mol. The molecule has 0 saturated heterocycles. The second-order valence-electron chi connectivity index (χ2n) is 6.67. The average molecular weight is 403 g/mol. The summed E-state index contributed by atoms with van der Waals surface area (Å²) in [5, 5.41) is 4.14. The van der Waals surface area contributed by atoms with E-state index >= 15 is 0 Å². The van der Waals surface area contributed by atoms with Gasteiger partial charge in [-0.05, 0) is 43.2 Å². The summed E-state index contributed by atoms with van der Waals surface area (Å²) in [7, 11) is 0. The fourth-order valence-corrected chi connectivity index (χ4v) is 3.02. The lowest BCUT2D eigenvalue weighted by atomic mass is 10.1. The molecule has 1 aliphatic carbocycles. The molecule has 0 aliphatic heterocycles. The number of halogens is 3. The molecule has 3 N–H and O–H groups in total. The Balaban J connectivity index is 1.59. The number of benzene rings is 1. The van der Waals surface area contributed by atoms with Gasteiger partial charge in [0.05, 0.1) is 28.7 Å². The highest BCUT2D eigenvalue weighted by molar-refractivity contribution is 5.99. The van der Waals surface area contributed by atoms with Gasteiger partial charge in [-0.1, -0.05) is 6.07 Å². The molecule has 29 heavy (non-hydrogen) atoms. The number of amides is 2. The summed E-state index contributed by atoms with van der Waals surface area (Å²) in [4.78, 5) is 27.2. The molecule has 3 aromatic rings. The first-order chi connectivity index (χ1) is 13.8. The van der Waals surface area contributed by atoms with Crippen molar-refractivity contribution in [1.82, 2.24) is 25.6 Å². The van der Waals surface area contributed by atoms with E-state index in [2.05, 4.69) is 20.9 Å². The minimum atomic E-state index is -4.48. The van der Waals surface area contributed by atoms with Gasteiger partial charge in [-0.3, -0.25) is 20.4 Å². The Kier molecular flexibility index (Phi) is 4.61. The SMILES string of the molecule is O=C(NNC(=O)c1cnn(-c2cccc(C(F)(F)F)c2)c1C1CC1)c1ccc[nH]1. The van der Waals surface area contributed by atoms with Crippen molar-refractivity contribution in [3.63, 3.8) is 0 Å². The van der Waals surface area contributed by atoms with Crippen LogP contribution in [-0.4, -0.2) is 26.6 Å². The van der Waals surface area contributed by atoms with E-state index in [-0.39, 0.29) is 22.9 Å². The summed E-state index contributed by atoms with van der Waals surface area (Å²) < 4.78 is 40.5. The third kappa shape index (κ3) is 3.86. The van der Waals surface area contributed by atoms with Crippen LogP contribution in [0.1, 0.15) is 50.9 Å². The molecule has 1 aromatic carbocycles. The number of H-pyrrole nitrogens is 1. The van der Waals surface area contributed by atoms with Gasteiger partial charge in [-0.25, -0.2) is 4.68 Å². The molecule has 0 radical (unpaired) electrons. The molecule has 0 atom stereocenters. The summed E-state index contributed by atoms with van der Waals surface area (Å²) in [6, 6.07) is 7.96. The predicted octanol–water partition coefficient (Wildman–Crippen LogP) is 3.17. The van der Waals surface area contributed by atoms with E-state index in [4.69, 9.17) is 0 Å². The third-order valence-corrected chi connectivity index (χ3v) is 4.57. The second-order valence-corrected chi connectivity index (χ2v) is 6.67.